The molecule has 1 aliphatic heterocycles. The van der Waals surface area contributed by atoms with Crippen LogP contribution in [0.3, 0.4) is 0 Å². The molecule has 1 aliphatic rings. The first kappa shape index (κ1) is 21.0. The molecule has 8 nitrogen and oxygen atoms in total. The largest absolute Gasteiger partial charge is 0.478 e. The number of benzene rings is 1. The van der Waals surface area contributed by atoms with E-state index in [4.69, 9.17) is 4.74 Å². The van der Waals surface area contributed by atoms with E-state index < -0.39 is 27.7 Å². The predicted molar refractivity (Wildman–Crippen MR) is 106 cm³/mol. The Morgan fingerprint density at radius 3 is 2.79 bits per heavy atom. The molecule has 1 N–H and O–H groups in total. The molecule has 2 aromatic rings. The summed E-state index contributed by atoms with van der Waals surface area (Å²) in [6.07, 6.45) is 1.05. The molecule has 1 fully saturated rings. The Morgan fingerprint density at radius 2 is 2.14 bits per heavy atom. The van der Waals surface area contributed by atoms with Crippen molar-refractivity contribution in [3.63, 3.8) is 0 Å². The molecule has 0 bridgehead atoms. The fraction of sp³-hybridized carbons (Fsp3) is 0.421. The second-order valence-corrected chi connectivity index (χ2v) is 9.24. The summed E-state index contributed by atoms with van der Waals surface area (Å²) in [7, 11) is -3.02. The Bertz CT molecular complexity index is 1050. The number of carbonyl (C=O) groups is 1. The zero-order chi connectivity index (χ0) is 21.2. The van der Waals surface area contributed by atoms with Gasteiger partial charge in [0.05, 0.1) is 29.5 Å². The summed E-state index contributed by atoms with van der Waals surface area (Å²) in [5.74, 6) is -0.862. The van der Waals surface area contributed by atoms with Crippen LogP contribution in [-0.4, -0.2) is 47.9 Å². The standard InChI is InChI=1S/C19H23FN4O4S/c1-12-16(13(2)24(23-12)15-8-9-29(26,27)11-15)10-21-22-19(25)14(3)28-18-7-5-4-6-17(18)20/h4-7,10,14-15H,8-9,11H2,1-3H3,(H,22,25)/b21-10-/t14-,15+/m0/s1. The lowest BCUT2D eigenvalue weighted by molar-refractivity contribution is -0.127. The minimum atomic E-state index is -3.02. The van der Waals surface area contributed by atoms with Crippen LogP contribution in [0.5, 0.6) is 5.75 Å². The Balaban J connectivity index is 1.64. The maximum atomic E-state index is 13.6. The minimum Gasteiger partial charge on any atom is -0.478 e. The van der Waals surface area contributed by atoms with Crippen LogP contribution in [0.25, 0.3) is 0 Å². The molecule has 0 unspecified atom stereocenters. The number of hydrazone groups is 1. The highest BCUT2D eigenvalue weighted by Crippen LogP contribution is 2.26. The number of nitrogens with one attached hydrogen (secondary N) is 1. The smallest absolute Gasteiger partial charge is 0.280 e. The minimum absolute atomic E-state index is 0.0152. The molecule has 0 saturated carbocycles. The van der Waals surface area contributed by atoms with Crippen molar-refractivity contribution in [2.75, 3.05) is 11.5 Å². The first-order valence-corrected chi connectivity index (χ1v) is 11.0. The van der Waals surface area contributed by atoms with Crippen molar-refractivity contribution >= 4 is 22.0 Å². The van der Waals surface area contributed by atoms with E-state index in [1.165, 1.54) is 31.3 Å². The van der Waals surface area contributed by atoms with Crippen molar-refractivity contribution in [2.45, 2.75) is 39.3 Å². The number of hydrogen-bond acceptors (Lipinski definition) is 6. The van der Waals surface area contributed by atoms with E-state index in [0.29, 0.717) is 17.7 Å². The van der Waals surface area contributed by atoms with Gasteiger partial charge >= 0.3 is 0 Å². The molecule has 1 saturated heterocycles. The molecule has 0 spiro atoms. The van der Waals surface area contributed by atoms with Crippen molar-refractivity contribution in [1.29, 1.82) is 0 Å². The summed E-state index contributed by atoms with van der Waals surface area (Å²) in [6, 6.07) is 5.64. The summed E-state index contributed by atoms with van der Waals surface area (Å²) in [5.41, 5.74) is 4.53. The second kappa shape index (κ2) is 8.32. The number of aryl methyl sites for hydroxylation is 1. The van der Waals surface area contributed by atoms with Crippen molar-refractivity contribution in [2.24, 2.45) is 5.10 Å². The van der Waals surface area contributed by atoms with Gasteiger partial charge in [0.1, 0.15) is 0 Å². The summed E-state index contributed by atoms with van der Waals surface area (Å²) in [4.78, 5) is 12.1. The number of nitrogens with zero attached hydrogens (tertiary/aromatic N) is 3. The number of halogens is 1. The summed E-state index contributed by atoms with van der Waals surface area (Å²) in [6.45, 7) is 5.12. The molecule has 10 heteroatoms. The number of ether oxygens (including phenoxy) is 1. The molecule has 0 aliphatic carbocycles. The zero-order valence-corrected chi connectivity index (χ0v) is 17.2. The molecule has 1 aromatic carbocycles. The molecule has 1 amide bonds. The zero-order valence-electron chi connectivity index (χ0n) is 16.4. The molecule has 3 rings (SSSR count). The van der Waals surface area contributed by atoms with Crippen LogP contribution in [-0.2, 0) is 14.6 Å². The van der Waals surface area contributed by atoms with Crippen LogP contribution in [0.4, 0.5) is 4.39 Å². The molecule has 1 aromatic heterocycles. The lowest BCUT2D eigenvalue weighted by Crippen LogP contribution is -2.33. The normalized spacial score (nSPS) is 19.4. The fourth-order valence-corrected chi connectivity index (χ4v) is 4.91. The van der Waals surface area contributed by atoms with Crippen molar-refractivity contribution in [3.8, 4) is 5.75 Å². The third kappa shape index (κ3) is 4.81. The Labute approximate surface area is 168 Å². The number of rotatable bonds is 6. The van der Waals surface area contributed by atoms with Gasteiger partial charge in [-0.25, -0.2) is 18.2 Å². The van der Waals surface area contributed by atoms with E-state index >= 15 is 0 Å². The molecule has 156 valence electrons. The second-order valence-electron chi connectivity index (χ2n) is 7.01. The highest BCUT2D eigenvalue weighted by molar-refractivity contribution is 7.91. The average molecular weight is 422 g/mol. The van der Waals surface area contributed by atoms with Gasteiger partial charge in [-0.3, -0.25) is 9.48 Å². The predicted octanol–water partition coefficient (Wildman–Crippen LogP) is 1.92. The molecular weight excluding hydrogens is 399 g/mol. The maximum absolute atomic E-state index is 13.6. The number of para-hydroxylation sites is 1. The molecule has 0 radical (unpaired) electrons. The van der Waals surface area contributed by atoms with E-state index in [1.54, 1.807) is 17.7 Å². The van der Waals surface area contributed by atoms with Gasteiger partial charge in [-0.2, -0.15) is 10.2 Å². The van der Waals surface area contributed by atoms with Crippen LogP contribution in [0.1, 0.15) is 36.3 Å². The highest BCUT2D eigenvalue weighted by Gasteiger charge is 2.31. The Morgan fingerprint density at radius 1 is 1.41 bits per heavy atom. The summed E-state index contributed by atoms with van der Waals surface area (Å²) in [5, 5.41) is 8.39. The lowest BCUT2D eigenvalue weighted by Gasteiger charge is -2.13. The van der Waals surface area contributed by atoms with Gasteiger partial charge < -0.3 is 4.74 Å². The fourth-order valence-electron chi connectivity index (χ4n) is 3.22. The molecular formula is C19H23FN4O4S. The van der Waals surface area contributed by atoms with Crippen LogP contribution in [0, 0.1) is 19.7 Å². The van der Waals surface area contributed by atoms with Crippen LogP contribution in [0.15, 0.2) is 29.4 Å². The number of hydrogen-bond donors (Lipinski definition) is 1. The van der Waals surface area contributed by atoms with Crippen molar-refractivity contribution in [3.05, 3.63) is 47.0 Å². The molecule has 2 heterocycles. The van der Waals surface area contributed by atoms with Gasteiger partial charge in [-0.15, -0.1) is 0 Å². The van der Waals surface area contributed by atoms with Crippen LogP contribution in [0.2, 0.25) is 0 Å². The number of amides is 1. The van der Waals surface area contributed by atoms with E-state index in [-0.39, 0.29) is 23.3 Å². The lowest BCUT2D eigenvalue weighted by atomic mass is 10.2. The van der Waals surface area contributed by atoms with Crippen molar-refractivity contribution < 1.29 is 22.3 Å². The highest BCUT2D eigenvalue weighted by atomic mass is 32.2. The van der Waals surface area contributed by atoms with E-state index in [9.17, 15) is 17.6 Å². The van der Waals surface area contributed by atoms with Crippen LogP contribution < -0.4 is 10.2 Å². The number of sulfone groups is 1. The third-order valence-electron chi connectivity index (χ3n) is 4.81. The van der Waals surface area contributed by atoms with E-state index in [1.807, 2.05) is 6.92 Å². The topological polar surface area (TPSA) is 103 Å². The van der Waals surface area contributed by atoms with Gasteiger partial charge in [-0.1, -0.05) is 12.1 Å². The van der Waals surface area contributed by atoms with E-state index in [0.717, 1.165) is 5.69 Å². The molecule has 29 heavy (non-hydrogen) atoms. The van der Waals surface area contributed by atoms with Gasteiger partial charge in [0.25, 0.3) is 5.91 Å². The summed E-state index contributed by atoms with van der Waals surface area (Å²) < 4.78 is 44.1. The number of aromatic nitrogens is 2. The quantitative estimate of drug-likeness (QED) is 0.566. The number of carbonyl (C=O) groups excluding carboxylic acids is 1. The van der Waals surface area contributed by atoms with Gasteiger partial charge in [-0.05, 0) is 39.3 Å². The van der Waals surface area contributed by atoms with Gasteiger partial charge in [0, 0.05) is 11.3 Å². The first-order chi connectivity index (χ1) is 13.7. The Hall–Kier alpha value is -2.75. The first-order valence-electron chi connectivity index (χ1n) is 9.18. The van der Waals surface area contributed by atoms with Crippen molar-refractivity contribution in [1.82, 2.24) is 15.2 Å². The maximum Gasteiger partial charge on any atom is 0.280 e. The van der Waals surface area contributed by atoms with E-state index in [2.05, 4.69) is 15.6 Å². The van der Waals surface area contributed by atoms with Crippen LogP contribution >= 0.6 is 0 Å². The van der Waals surface area contributed by atoms with Gasteiger partial charge in [0.15, 0.2) is 27.5 Å². The monoisotopic (exact) mass is 422 g/mol. The SMILES string of the molecule is Cc1nn([C@@H]2CCS(=O)(=O)C2)c(C)c1/C=N\NC(=O)[C@H](C)Oc1ccccc1F. The molecule has 2 atom stereocenters. The average Bonchev–Trinajstić information content (AvgIpc) is 3.16. The Kier molecular flexibility index (Phi) is 6.02. The third-order valence-corrected chi connectivity index (χ3v) is 6.56. The summed E-state index contributed by atoms with van der Waals surface area (Å²) >= 11 is 0. The van der Waals surface area contributed by atoms with Gasteiger partial charge in [0.2, 0.25) is 0 Å².